The number of hydrogen-bond donors (Lipinski definition) is 0. The quantitative estimate of drug-likeness (QED) is 0.236. The van der Waals surface area contributed by atoms with Gasteiger partial charge in [-0.2, -0.15) is 18.3 Å². The minimum Gasteiger partial charge on any atom is -0.616 e. The molecule has 0 bridgehead atoms. The van der Waals surface area contributed by atoms with Crippen LogP contribution in [0, 0.1) is 6.92 Å². The van der Waals surface area contributed by atoms with Crippen molar-refractivity contribution in [1.82, 2.24) is 14.8 Å². The molecule has 0 aliphatic heterocycles. The van der Waals surface area contributed by atoms with Gasteiger partial charge in [-0.1, -0.05) is 18.2 Å². The Morgan fingerprint density at radius 2 is 1.89 bits per heavy atom. The molecule has 4 rings (SSSR count). The van der Waals surface area contributed by atoms with Crippen LogP contribution in [0.1, 0.15) is 39.5 Å². The molecule has 194 valence electrons. The Hall–Kier alpha value is -3.50. The highest BCUT2D eigenvalue weighted by molar-refractivity contribution is 7.90. The number of nitrogens with zero attached hydrogens (tertiary/aromatic N) is 3. The fourth-order valence-corrected chi connectivity index (χ4v) is 4.86. The van der Waals surface area contributed by atoms with Crippen LogP contribution in [-0.4, -0.2) is 25.1 Å². The van der Waals surface area contributed by atoms with E-state index in [2.05, 4.69) is 10.1 Å². The van der Waals surface area contributed by atoms with E-state index in [0.717, 1.165) is 29.0 Å². The predicted octanol–water partition coefficient (Wildman–Crippen LogP) is 5.98. The number of alkyl halides is 3. The first kappa shape index (κ1) is 26.6. The monoisotopic (exact) mass is 529 g/mol. The van der Waals surface area contributed by atoms with Crippen molar-refractivity contribution < 1.29 is 26.9 Å². The van der Waals surface area contributed by atoms with Crippen molar-refractivity contribution in [2.24, 2.45) is 7.05 Å². The third kappa shape index (κ3) is 7.50. The number of hydrogen-bond acceptors (Lipinski definition) is 5. The minimum absolute atomic E-state index is 0.188. The summed E-state index contributed by atoms with van der Waals surface area (Å²) < 4.78 is 63.6. The molecule has 37 heavy (non-hydrogen) atoms. The van der Waals surface area contributed by atoms with Crippen molar-refractivity contribution in [2.45, 2.75) is 31.9 Å². The lowest BCUT2D eigenvalue weighted by molar-refractivity contribution is -0.137. The maximum absolute atomic E-state index is 12.7. The number of rotatable bonds is 10. The average molecular weight is 530 g/mol. The van der Waals surface area contributed by atoms with E-state index in [1.807, 2.05) is 38.2 Å². The SMILES string of the molecule is Cc1cc(OCc2coc(/C=C/c3ccc(C(F)(F)F)cc3)n2)ccc1C[S+]([O-])CCc1ccnn1C. The third-order valence-electron chi connectivity index (χ3n) is 5.75. The minimum atomic E-state index is -4.36. The van der Waals surface area contributed by atoms with E-state index in [0.29, 0.717) is 40.8 Å². The largest absolute Gasteiger partial charge is 0.616 e. The second-order valence-corrected chi connectivity index (χ2v) is 10.1. The second kappa shape index (κ2) is 11.7. The first-order chi connectivity index (χ1) is 17.7. The Labute approximate surface area is 216 Å². The Bertz CT molecular complexity index is 1350. The summed E-state index contributed by atoms with van der Waals surface area (Å²) in [4.78, 5) is 4.32. The molecule has 2 aromatic heterocycles. The number of aromatic nitrogens is 3. The van der Waals surface area contributed by atoms with Gasteiger partial charge >= 0.3 is 6.18 Å². The van der Waals surface area contributed by atoms with Gasteiger partial charge < -0.3 is 13.7 Å². The second-order valence-electron chi connectivity index (χ2n) is 8.49. The van der Waals surface area contributed by atoms with Gasteiger partial charge in [0.05, 0.1) is 5.56 Å². The van der Waals surface area contributed by atoms with Gasteiger partial charge in [-0.25, -0.2) is 4.98 Å². The summed E-state index contributed by atoms with van der Waals surface area (Å²) in [7, 11) is 1.88. The van der Waals surface area contributed by atoms with Crippen molar-refractivity contribution >= 4 is 23.3 Å². The van der Waals surface area contributed by atoms with Crippen molar-refractivity contribution in [3.63, 3.8) is 0 Å². The number of benzene rings is 2. The van der Waals surface area contributed by atoms with Crippen molar-refractivity contribution in [3.8, 4) is 5.75 Å². The van der Waals surface area contributed by atoms with Crippen LogP contribution < -0.4 is 4.74 Å². The molecular formula is C27H26F3N3O3S. The predicted molar refractivity (Wildman–Crippen MR) is 136 cm³/mol. The van der Waals surface area contributed by atoms with Crippen LogP contribution in [0.4, 0.5) is 13.2 Å². The van der Waals surface area contributed by atoms with Crippen LogP contribution in [0.25, 0.3) is 12.2 Å². The molecule has 10 heteroatoms. The Morgan fingerprint density at radius 1 is 1.11 bits per heavy atom. The highest BCUT2D eigenvalue weighted by Crippen LogP contribution is 2.29. The molecule has 4 aromatic rings. The van der Waals surface area contributed by atoms with Crippen LogP contribution in [0.5, 0.6) is 5.75 Å². The molecule has 0 radical (unpaired) electrons. The molecule has 0 saturated heterocycles. The maximum atomic E-state index is 12.7. The van der Waals surface area contributed by atoms with E-state index < -0.39 is 22.9 Å². The van der Waals surface area contributed by atoms with Gasteiger partial charge in [0.2, 0.25) is 5.89 Å². The van der Waals surface area contributed by atoms with Gasteiger partial charge in [-0.15, -0.1) is 0 Å². The van der Waals surface area contributed by atoms with Gasteiger partial charge in [-0.05, 0) is 65.6 Å². The van der Waals surface area contributed by atoms with Gasteiger partial charge in [0.25, 0.3) is 0 Å². The Morgan fingerprint density at radius 3 is 2.57 bits per heavy atom. The lowest BCUT2D eigenvalue weighted by Gasteiger charge is -2.14. The molecule has 0 spiro atoms. The molecule has 1 atom stereocenters. The number of oxazole rings is 1. The van der Waals surface area contributed by atoms with Crippen molar-refractivity contribution in [3.05, 3.63) is 101 Å². The summed E-state index contributed by atoms with van der Waals surface area (Å²) in [6, 6.07) is 12.4. The molecule has 0 aliphatic carbocycles. The summed E-state index contributed by atoms with van der Waals surface area (Å²) in [6.07, 6.45) is 2.76. The molecule has 0 amide bonds. The van der Waals surface area contributed by atoms with E-state index in [-0.39, 0.29) is 6.61 Å². The Balaban J connectivity index is 1.27. The van der Waals surface area contributed by atoms with Gasteiger partial charge in [0, 0.05) is 37.0 Å². The van der Waals surface area contributed by atoms with E-state index in [9.17, 15) is 17.7 Å². The summed E-state index contributed by atoms with van der Waals surface area (Å²) in [6.45, 7) is 2.15. The highest BCUT2D eigenvalue weighted by Gasteiger charge is 2.29. The molecule has 2 aromatic carbocycles. The number of halogens is 3. The topological polar surface area (TPSA) is 76.1 Å². The zero-order chi connectivity index (χ0) is 26.4. The standard InChI is InChI=1S/C27H26F3N3O3S/c1-19-15-25(9-6-21(19)18-37(34)14-12-24-11-13-31-33(24)2)35-16-23-17-36-26(32-23)10-5-20-3-7-22(8-4-20)27(28,29)30/h3-11,13,15,17H,12,14,16,18H2,1-2H3/b10-5+. The number of aryl methyl sites for hydroxylation is 3. The average Bonchev–Trinajstić information content (AvgIpc) is 3.50. The highest BCUT2D eigenvalue weighted by atomic mass is 32.2. The normalized spacial score (nSPS) is 12.8. The van der Waals surface area contributed by atoms with Crippen molar-refractivity contribution in [2.75, 3.05) is 5.75 Å². The molecule has 2 heterocycles. The van der Waals surface area contributed by atoms with Gasteiger partial charge in [-0.3, -0.25) is 4.68 Å². The molecule has 0 fully saturated rings. The third-order valence-corrected chi connectivity index (χ3v) is 7.04. The van der Waals surface area contributed by atoms with Crippen molar-refractivity contribution in [1.29, 1.82) is 0 Å². The fraction of sp³-hybridized carbons (Fsp3) is 0.259. The lowest BCUT2D eigenvalue weighted by atomic mass is 10.1. The van der Waals surface area contributed by atoms with Crippen LogP contribution >= 0.6 is 0 Å². The van der Waals surface area contributed by atoms with Gasteiger partial charge in [0.1, 0.15) is 35.8 Å². The first-order valence-corrected chi connectivity index (χ1v) is 13.0. The summed E-state index contributed by atoms with van der Waals surface area (Å²) in [5.41, 5.74) is 3.53. The summed E-state index contributed by atoms with van der Waals surface area (Å²) in [5, 5.41) is 4.13. The zero-order valence-electron chi connectivity index (χ0n) is 20.4. The fourth-order valence-electron chi connectivity index (χ4n) is 3.60. The van der Waals surface area contributed by atoms with Crippen LogP contribution in [0.3, 0.4) is 0 Å². The molecular weight excluding hydrogens is 503 g/mol. The molecule has 0 aliphatic rings. The van der Waals surface area contributed by atoms with Crippen LogP contribution in [0.15, 0.2) is 65.4 Å². The van der Waals surface area contributed by atoms with Crippen LogP contribution in [0.2, 0.25) is 0 Å². The van der Waals surface area contributed by atoms with Gasteiger partial charge in [0.15, 0.2) is 0 Å². The first-order valence-electron chi connectivity index (χ1n) is 11.5. The van der Waals surface area contributed by atoms with E-state index in [1.165, 1.54) is 18.4 Å². The summed E-state index contributed by atoms with van der Waals surface area (Å²) >= 11 is -0.994. The molecule has 0 N–H and O–H groups in total. The zero-order valence-corrected chi connectivity index (χ0v) is 21.2. The van der Waals surface area contributed by atoms with E-state index in [1.54, 1.807) is 23.0 Å². The molecule has 1 unspecified atom stereocenters. The van der Waals surface area contributed by atoms with E-state index >= 15 is 0 Å². The maximum Gasteiger partial charge on any atom is 0.416 e. The summed E-state index contributed by atoms with van der Waals surface area (Å²) in [5.74, 6) is 2.02. The smallest absolute Gasteiger partial charge is 0.416 e. The lowest BCUT2D eigenvalue weighted by Crippen LogP contribution is -2.14. The number of ether oxygens (including phenoxy) is 1. The van der Waals surface area contributed by atoms with E-state index in [4.69, 9.17) is 9.15 Å². The molecule has 6 nitrogen and oxygen atoms in total. The Kier molecular flexibility index (Phi) is 8.40. The molecule has 0 saturated carbocycles. The van der Waals surface area contributed by atoms with Crippen LogP contribution in [-0.2, 0) is 43.2 Å².